The highest BCUT2D eigenvalue weighted by molar-refractivity contribution is 6.31. The van der Waals surface area contributed by atoms with E-state index in [1.807, 2.05) is 55.6 Å². The summed E-state index contributed by atoms with van der Waals surface area (Å²) in [5.41, 5.74) is 3.77. The molecule has 150 valence electrons. The zero-order chi connectivity index (χ0) is 20.4. The van der Waals surface area contributed by atoms with Crippen molar-refractivity contribution in [3.05, 3.63) is 70.4 Å². The molecule has 6 heteroatoms. The molecule has 0 unspecified atom stereocenters. The molecule has 0 radical (unpaired) electrons. The molecule has 0 saturated heterocycles. The van der Waals surface area contributed by atoms with Crippen molar-refractivity contribution in [3.63, 3.8) is 0 Å². The Hall–Kier alpha value is -2.79. The number of hydrogen-bond acceptors (Lipinski definition) is 3. The largest absolute Gasteiger partial charge is 0.493 e. The van der Waals surface area contributed by atoms with Crippen LogP contribution in [0.25, 0.3) is 5.69 Å². The molecule has 0 aliphatic carbocycles. The highest BCUT2D eigenvalue weighted by Crippen LogP contribution is 2.41. The Morgan fingerprint density at radius 3 is 2.86 bits per heavy atom. The molecule has 1 atom stereocenters. The topological polar surface area (TPSA) is 56.1 Å². The SMILES string of the molecule is CCCCOc1ccccc1[C@@H]1CC(=O)Nc2c1cnn2-c1cccc(Cl)c1C. The number of ether oxygens (including phenoxy) is 1. The molecule has 5 nitrogen and oxygen atoms in total. The predicted octanol–water partition coefficient (Wildman–Crippen LogP) is 5.49. The summed E-state index contributed by atoms with van der Waals surface area (Å²) in [4.78, 5) is 12.6. The average Bonchev–Trinajstić information content (AvgIpc) is 3.13. The van der Waals surface area contributed by atoms with E-state index in [1.165, 1.54) is 0 Å². The molecule has 29 heavy (non-hydrogen) atoms. The van der Waals surface area contributed by atoms with Gasteiger partial charge in [0.2, 0.25) is 5.91 Å². The Morgan fingerprint density at radius 1 is 1.21 bits per heavy atom. The van der Waals surface area contributed by atoms with Crippen LogP contribution in [0.4, 0.5) is 5.82 Å². The lowest BCUT2D eigenvalue weighted by molar-refractivity contribution is -0.116. The molecule has 0 fully saturated rings. The van der Waals surface area contributed by atoms with E-state index in [4.69, 9.17) is 16.3 Å². The van der Waals surface area contributed by atoms with Gasteiger partial charge in [0, 0.05) is 28.5 Å². The number of rotatable bonds is 6. The van der Waals surface area contributed by atoms with Crippen molar-refractivity contribution in [3.8, 4) is 11.4 Å². The maximum Gasteiger partial charge on any atom is 0.226 e. The molecule has 2 aromatic carbocycles. The van der Waals surface area contributed by atoms with Gasteiger partial charge in [0.15, 0.2) is 0 Å². The number of unbranched alkanes of at least 4 members (excludes halogenated alkanes) is 1. The Kier molecular flexibility index (Phi) is 5.58. The van der Waals surface area contributed by atoms with Crippen LogP contribution in [0.5, 0.6) is 5.75 Å². The standard InChI is InChI=1S/C23H24ClN3O2/c1-3-4-12-29-21-11-6-5-8-16(21)17-13-22(28)26-23-18(17)14-25-27(23)20-10-7-9-19(24)15(20)2/h5-11,14,17H,3-4,12-13H2,1-2H3,(H,26,28)/t17-/m0/s1. The van der Waals surface area contributed by atoms with E-state index in [2.05, 4.69) is 17.3 Å². The molecule has 1 N–H and O–H groups in total. The number of nitrogens with zero attached hydrogens (tertiary/aromatic N) is 2. The predicted molar refractivity (Wildman–Crippen MR) is 115 cm³/mol. The third kappa shape index (κ3) is 3.75. The molecule has 1 aromatic heterocycles. The number of carbonyl (C=O) groups is 1. The normalized spacial score (nSPS) is 15.7. The van der Waals surface area contributed by atoms with Gasteiger partial charge < -0.3 is 10.1 Å². The third-order valence-electron chi connectivity index (χ3n) is 5.34. The molecule has 2 heterocycles. The van der Waals surface area contributed by atoms with Crippen LogP contribution in [0.3, 0.4) is 0 Å². The fraction of sp³-hybridized carbons (Fsp3) is 0.304. The van der Waals surface area contributed by atoms with Crippen molar-refractivity contribution in [1.29, 1.82) is 0 Å². The second kappa shape index (κ2) is 8.29. The van der Waals surface area contributed by atoms with Gasteiger partial charge in [0.25, 0.3) is 0 Å². The van der Waals surface area contributed by atoms with Gasteiger partial charge in [-0.15, -0.1) is 0 Å². The molecule has 3 aromatic rings. The van der Waals surface area contributed by atoms with Gasteiger partial charge in [-0.25, -0.2) is 4.68 Å². The smallest absolute Gasteiger partial charge is 0.226 e. The maximum atomic E-state index is 12.6. The van der Waals surface area contributed by atoms with E-state index in [1.54, 1.807) is 4.68 Å². The summed E-state index contributed by atoms with van der Waals surface area (Å²) < 4.78 is 7.80. The van der Waals surface area contributed by atoms with E-state index in [9.17, 15) is 4.79 Å². The van der Waals surface area contributed by atoms with Crippen molar-refractivity contribution >= 4 is 23.3 Å². The Morgan fingerprint density at radius 2 is 2.03 bits per heavy atom. The van der Waals surface area contributed by atoms with Crippen LogP contribution in [0.2, 0.25) is 5.02 Å². The summed E-state index contributed by atoms with van der Waals surface area (Å²) in [6.45, 7) is 4.75. The maximum absolute atomic E-state index is 12.6. The average molecular weight is 410 g/mol. The molecule has 4 rings (SSSR count). The van der Waals surface area contributed by atoms with Gasteiger partial charge in [-0.3, -0.25) is 4.79 Å². The van der Waals surface area contributed by atoms with Gasteiger partial charge in [-0.1, -0.05) is 49.2 Å². The number of amides is 1. The van der Waals surface area contributed by atoms with E-state index < -0.39 is 0 Å². The minimum atomic E-state index is -0.107. The fourth-order valence-electron chi connectivity index (χ4n) is 3.73. The molecular formula is C23H24ClN3O2. The fourth-order valence-corrected chi connectivity index (χ4v) is 3.90. The summed E-state index contributed by atoms with van der Waals surface area (Å²) in [5.74, 6) is 1.38. The lowest BCUT2D eigenvalue weighted by Crippen LogP contribution is -2.25. The summed E-state index contributed by atoms with van der Waals surface area (Å²) in [7, 11) is 0. The molecule has 0 spiro atoms. The van der Waals surface area contributed by atoms with Crippen LogP contribution in [-0.2, 0) is 4.79 Å². The number of anilines is 1. The van der Waals surface area contributed by atoms with Gasteiger partial charge >= 0.3 is 0 Å². The molecule has 0 saturated carbocycles. The van der Waals surface area contributed by atoms with Crippen LogP contribution >= 0.6 is 11.6 Å². The minimum absolute atomic E-state index is 0.0349. The summed E-state index contributed by atoms with van der Waals surface area (Å²) in [6, 6.07) is 13.7. The second-order valence-electron chi connectivity index (χ2n) is 7.29. The Bertz CT molecular complexity index is 1040. The first-order valence-electron chi connectivity index (χ1n) is 9.95. The molecule has 1 amide bonds. The van der Waals surface area contributed by atoms with Gasteiger partial charge in [-0.05, 0) is 37.1 Å². The summed E-state index contributed by atoms with van der Waals surface area (Å²) in [5, 5.41) is 8.26. The van der Waals surface area contributed by atoms with E-state index in [-0.39, 0.29) is 11.8 Å². The zero-order valence-corrected chi connectivity index (χ0v) is 17.4. The number of carbonyl (C=O) groups excluding carboxylic acids is 1. The van der Waals surface area contributed by atoms with Crippen LogP contribution in [-0.4, -0.2) is 22.3 Å². The Labute approximate surface area is 175 Å². The molecule has 0 bridgehead atoms. The number of fused-ring (bicyclic) bond motifs is 1. The lowest BCUT2D eigenvalue weighted by Gasteiger charge is -2.25. The first-order chi connectivity index (χ1) is 14.1. The van der Waals surface area contributed by atoms with Crippen molar-refractivity contribution in [2.24, 2.45) is 0 Å². The third-order valence-corrected chi connectivity index (χ3v) is 5.75. The second-order valence-corrected chi connectivity index (χ2v) is 7.70. The highest BCUT2D eigenvalue weighted by Gasteiger charge is 2.32. The van der Waals surface area contributed by atoms with Gasteiger partial charge in [0.05, 0.1) is 18.5 Å². The van der Waals surface area contributed by atoms with Gasteiger partial charge in [-0.2, -0.15) is 5.10 Å². The monoisotopic (exact) mass is 409 g/mol. The first-order valence-corrected chi connectivity index (χ1v) is 10.3. The van der Waals surface area contributed by atoms with E-state index in [0.29, 0.717) is 23.9 Å². The molecule has 1 aliphatic rings. The number of halogens is 1. The van der Waals surface area contributed by atoms with Crippen molar-refractivity contribution < 1.29 is 9.53 Å². The van der Waals surface area contributed by atoms with Crippen molar-refractivity contribution in [1.82, 2.24) is 9.78 Å². The number of hydrogen-bond donors (Lipinski definition) is 1. The van der Waals surface area contributed by atoms with Crippen LogP contribution < -0.4 is 10.1 Å². The first kappa shape index (κ1) is 19.5. The molecular weight excluding hydrogens is 386 g/mol. The summed E-state index contributed by atoms with van der Waals surface area (Å²) in [6.07, 6.45) is 4.27. The van der Waals surface area contributed by atoms with Crippen molar-refractivity contribution in [2.75, 3.05) is 11.9 Å². The van der Waals surface area contributed by atoms with E-state index >= 15 is 0 Å². The number of aromatic nitrogens is 2. The summed E-state index contributed by atoms with van der Waals surface area (Å²) >= 11 is 6.30. The Balaban J connectivity index is 1.77. The van der Waals surface area contributed by atoms with Crippen LogP contribution in [0, 0.1) is 6.92 Å². The number of para-hydroxylation sites is 1. The minimum Gasteiger partial charge on any atom is -0.493 e. The van der Waals surface area contributed by atoms with Gasteiger partial charge in [0.1, 0.15) is 11.6 Å². The number of benzene rings is 2. The lowest BCUT2D eigenvalue weighted by atomic mass is 9.87. The highest BCUT2D eigenvalue weighted by atomic mass is 35.5. The zero-order valence-electron chi connectivity index (χ0n) is 16.6. The van der Waals surface area contributed by atoms with Crippen LogP contribution in [0.1, 0.15) is 48.8 Å². The van der Waals surface area contributed by atoms with Crippen LogP contribution in [0.15, 0.2) is 48.7 Å². The van der Waals surface area contributed by atoms with E-state index in [0.717, 1.165) is 41.0 Å². The quantitative estimate of drug-likeness (QED) is 0.548. The van der Waals surface area contributed by atoms with Crippen molar-refractivity contribution in [2.45, 2.75) is 39.0 Å². The number of nitrogens with one attached hydrogen (secondary N) is 1. The molecule has 1 aliphatic heterocycles.